The van der Waals surface area contributed by atoms with Crippen molar-refractivity contribution in [2.24, 2.45) is 0 Å². The van der Waals surface area contributed by atoms with Gasteiger partial charge in [-0.1, -0.05) is 36.8 Å². The van der Waals surface area contributed by atoms with Gasteiger partial charge < -0.3 is 10.1 Å². The second-order valence-corrected chi connectivity index (χ2v) is 8.45. The highest BCUT2D eigenvalue weighted by Crippen LogP contribution is 2.26. The second-order valence-electron chi connectivity index (χ2n) is 6.56. The van der Waals surface area contributed by atoms with Crippen molar-refractivity contribution in [3.63, 3.8) is 0 Å². The number of sulfonamides is 1. The molecule has 1 fully saturated rings. The first kappa shape index (κ1) is 19.5. The van der Waals surface area contributed by atoms with Gasteiger partial charge in [-0.3, -0.25) is 4.79 Å². The Kier molecular flexibility index (Phi) is 6.26. The van der Waals surface area contributed by atoms with Crippen LogP contribution in [0.3, 0.4) is 0 Å². The maximum Gasteiger partial charge on any atom is 0.243 e. The molecule has 1 aliphatic heterocycles. The Morgan fingerprint density at radius 3 is 2.48 bits per heavy atom. The Labute approximate surface area is 160 Å². The minimum absolute atomic E-state index is 0.216. The van der Waals surface area contributed by atoms with Crippen LogP contribution in [0, 0.1) is 0 Å². The van der Waals surface area contributed by atoms with Gasteiger partial charge in [0.25, 0.3) is 0 Å². The van der Waals surface area contributed by atoms with E-state index in [-0.39, 0.29) is 10.8 Å². The smallest absolute Gasteiger partial charge is 0.243 e. The number of methoxy groups -OCH3 is 1. The van der Waals surface area contributed by atoms with E-state index in [1.165, 1.54) is 4.31 Å². The van der Waals surface area contributed by atoms with Gasteiger partial charge in [-0.15, -0.1) is 0 Å². The first-order valence-electron chi connectivity index (χ1n) is 8.98. The van der Waals surface area contributed by atoms with Crippen molar-refractivity contribution < 1.29 is 17.9 Å². The van der Waals surface area contributed by atoms with Gasteiger partial charge in [0.15, 0.2) is 0 Å². The maximum absolute atomic E-state index is 13.0. The normalized spacial score (nSPS) is 18.2. The maximum atomic E-state index is 13.0. The van der Waals surface area contributed by atoms with Crippen LogP contribution in [0.4, 0.5) is 5.69 Å². The molecule has 1 aliphatic rings. The fourth-order valence-electron chi connectivity index (χ4n) is 3.26. The first-order valence-corrected chi connectivity index (χ1v) is 10.4. The minimum Gasteiger partial charge on any atom is -0.380 e. The molecule has 0 radical (unpaired) electrons. The van der Waals surface area contributed by atoms with E-state index in [2.05, 4.69) is 5.32 Å². The predicted octanol–water partition coefficient (Wildman–Crippen LogP) is 3.01. The van der Waals surface area contributed by atoms with Crippen LogP contribution in [-0.4, -0.2) is 38.3 Å². The van der Waals surface area contributed by atoms with Gasteiger partial charge in [0.1, 0.15) is 6.04 Å². The molecule has 1 amide bonds. The van der Waals surface area contributed by atoms with E-state index < -0.39 is 16.1 Å². The zero-order valence-corrected chi connectivity index (χ0v) is 16.1. The number of amides is 1. The molecular formula is C20H24N2O4S. The van der Waals surface area contributed by atoms with Gasteiger partial charge >= 0.3 is 0 Å². The molecule has 1 heterocycles. The third-order valence-corrected chi connectivity index (χ3v) is 6.56. The highest BCUT2D eigenvalue weighted by molar-refractivity contribution is 7.89. The summed E-state index contributed by atoms with van der Waals surface area (Å²) in [4.78, 5) is 13.0. The molecule has 0 saturated carbocycles. The molecule has 2 aromatic rings. The summed E-state index contributed by atoms with van der Waals surface area (Å²) < 4.78 is 32.4. The van der Waals surface area contributed by atoms with Crippen LogP contribution in [0.25, 0.3) is 0 Å². The van der Waals surface area contributed by atoms with E-state index in [9.17, 15) is 13.2 Å². The Hall–Kier alpha value is -2.22. The number of hydrogen-bond acceptors (Lipinski definition) is 4. The lowest BCUT2D eigenvalue weighted by molar-refractivity contribution is -0.120. The van der Waals surface area contributed by atoms with Crippen molar-refractivity contribution in [2.45, 2.75) is 36.8 Å². The first-order chi connectivity index (χ1) is 13.0. The lowest BCUT2D eigenvalue weighted by Gasteiger charge is -2.33. The lowest BCUT2D eigenvalue weighted by Crippen LogP contribution is -2.49. The predicted molar refractivity (Wildman–Crippen MR) is 104 cm³/mol. The third-order valence-electron chi connectivity index (χ3n) is 4.64. The number of ether oxygens (including phenoxy) is 1. The summed E-state index contributed by atoms with van der Waals surface area (Å²) in [7, 11) is -2.08. The van der Waals surface area contributed by atoms with Gasteiger partial charge in [-0.2, -0.15) is 4.31 Å². The summed E-state index contributed by atoms with van der Waals surface area (Å²) in [5.41, 5.74) is 1.64. The Morgan fingerprint density at radius 1 is 1.11 bits per heavy atom. The average molecular weight is 388 g/mol. The van der Waals surface area contributed by atoms with Crippen LogP contribution in [0.15, 0.2) is 59.5 Å². The minimum atomic E-state index is -3.71. The molecule has 0 aliphatic carbocycles. The van der Waals surface area contributed by atoms with Crippen LogP contribution >= 0.6 is 0 Å². The van der Waals surface area contributed by atoms with Crippen molar-refractivity contribution >= 4 is 21.6 Å². The molecule has 0 aromatic heterocycles. The molecule has 0 unspecified atom stereocenters. The van der Waals surface area contributed by atoms with Crippen LogP contribution in [0.1, 0.15) is 24.8 Å². The molecule has 1 N–H and O–H groups in total. The van der Waals surface area contributed by atoms with E-state index in [1.807, 2.05) is 12.1 Å². The second kappa shape index (κ2) is 8.65. The number of rotatable bonds is 6. The van der Waals surface area contributed by atoms with E-state index in [4.69, 9.17) is 4.74 Å². The van der Waals surface area contributed by atoms with Crippen LogP contribution < -0.4 is 5.32 Å². The van der Waals surface area contributed by atoms with E-state index in [0.29, 0.717) is 25.3 Å². The van der Waals surface area contributed by atoms with E-state index in [0.717, 1.165) is 18.4 Å². The zero-order valence-electron chi connectivity index (χ0n) is 15.3. The number of nitrogens with one attached hydrogen (secondary N) is 1. The number of benzene rings is 2. The topological polar surface area (TPSA) is 75.7 Å². The van der Waals surface area contributed by atoms with Crippen LogP contribution in [0.5, 0.6) is 0 Å². The van der Waals surface area contributed by atoms with Crippen molar-refractivity contribution in [1.82, 2.24) is 4.31 Å². The van der Waals surface area contributed by atoms with Crippen molar-refractivity contribution in [3.05, 3.63) is 60.2 Å². The van der Waals surface area contributed by atoms with E-state index >= 15 is 0 Å². The van der Waals surface area contributed by atoms with Crippen LogP contribution in [0.2, 0.25) is 0 Å². The van der Waals surface area contributed by atoms with Gasteiger partial charge in [-0.05, 0) is 42.7 Å². The lowest BCUT2D eigenvalue weighted by atomic mass is 10.0. The Bertz CT molecular complexity index is 867. The molecule has 27 heavy (non-hydrogen) atoms. The van der Waals surface area contributed by atoms with E-state index in [1.54, 1.807) is 49.6 Å². The highest BCUT2D eigenvalue weighted by Gasteiger charge is 2.37. The van der Waals surface area contributed by atoms with Crippen molar-refractivity contribution in [2.75, 3.05) is 19.0 Å². The summed E-state index contributed by atoms with van der Waals surface area (Å²) in [5, 5.41) is 2.85. The third kappa shape index (κ3) is 4.55. The summed E-state index contributed by atoms with van der Waals surface area (Å²) >= 11 is 0. The Morgan fingerprint density at radius 2 is 1.81 bits per heavy atom. The molecule has 7 heteroatoms. The van der Waals surface area contributed by atoms with Gasteiger partial charge in [-0.25, -0.2) is 8.42 Å². The fraction of sp³-hybridized carbons (Fsp3) is 0.350. The quantitative estimate of drug-likeness (QED) is 0.825. The number of carbonyl (C=O) groups is 1. The molecule has 144 valence electrons. The molecule has 0 bridgehead atoms. The number of hydrogen-bond donors (Lipinski definition) is 1. The standard InChI is InChI=1S/C20H24N2O4S/c1-26-15-16-10-12-17(13-11-16)21-20(23)19-9-5-6-14-22(19)27(24,25)18-7-3-2-4-8-18/h2-4,7-8,10-13,19H,5-6,9,14-15H2,1H3,(H,21,23)/t19-/m1/s1. The summed E-state index contributed by atoms with van der Waals surface area (Å²) in [6.45, 7) is 0.849. The Balaban J connectivity index is 1.77. The molecule has 0 spiro atoms. The molecule has 2 aromatic carbocycles. The fourth-order valence-corrected chi connectivity index (χ4v) is 4.94. The van der Waals surface area contributed by atoms with Gasteiger partial charge in [0.2, 0.25) is 15.9 Å². The van der Waals surface area contributed by atoms with Crippen molar-refractivity contribution in [1.29, 1.82) is 0 Å². The summed E-state index contributed by atoms with van der Waals surface area (Å²) in [6.07, 6.45) is 2.09. The molecule has 3 rings (SSSR count). The molecule has 1 saturated heterocycles. The highest BCUT2D eigenvalue weighted by atomic mass is 32.2. The summed E-state index contributed by atoms with van der Waals surface area (Å²) in [5.74, 6) is -0.298. The van der Waals surface area contributed by atoms with Gasteiger partial charge in [0, 0.05) is 19.3 Å². The monoisotopic (exact) mass is 388 g/mol. The molecule has 6 nitrogen and oxygen atoms in total. The SMILES string of the molecule is COCc1ccc(NC(=O)[C@H]2CCCCN2S(=O)(=O)c2ccccc2)cc1. The zero-order chi connectivity index (χ0) is 19.3. The number of anilines is 1. The van der Waals surface area contributed by atoms with Crippen molar-refractivity contribution in [3.8, 4) is 0 Å². The number of piperidine rings is 1. The number of carbonyl (C=O) groups excluding carboxylic acids is 1. The number of nitrogens with zero attached hydrogens (tertiary/aromatic N) is 1. The van der Waals surface area contributed by atoms with Gasteiger partial charge in [0.05, 0.1) is 11.5 Å². The molecular weight excluding hydrogens is 364 g/mol. The largest absolute Gasteiger partial charge is 0.380 e. The average Bonchev–Trinajstić information content (AvgIpc) is 2.70. The summed E-state index contributed by atoms with van der Waals surface area (Å²) in [6, 6.07) is 14.9. The van der Waals surface area contributed by atoms with Crippen LogP contribution in [-0.2, 0) is 26.2 Å². The molecule has 1 atom stereocenters.